The van der Waals surface area contributed by atoms with Crippen LogP contribution in [0.1, 0.15) is 11.6 Å². The molecule has 1 aliphatic heterocycles. The summed E-state index contributed by atoms with van der Waals surface area (Å²) in [6.45, 7) is 1.85. The van der Waals surface area contributed by atoms with Gasteiger partial charge in [-0.2, -0.15) is 4.31 Å². The van der Waals surface area contributed by atoms with Crippen LogP contribution < -0.4 is 4.90 Å². The molecule has 2 aromatic carbocycles. The minimum Gasteiger partial charge on any atom is -0.343 e. The zero-order valence-corrected chi connectivity index (χ0v) is 17.6. The Bertz CT molecular complexity index is 909. The quantitative estimate of drug-likeness (QED) is 0.783. The van der Waals surface area contributed by atoms with E-state index in [-0.39, 0.29) is 16.8 Å². The van der Waals surface area contributed by atoms with Crippen molar-refractivity contribution in [3.05, 3.63) is 65.2 Å². The molecule has 1 saturated heterocycles. The van der Waals surface area contributed by atoms with Crippen LogP contribution >= 0.6 is 11.6 Å². The monoisotopic (exact) mass is 422 g/mol. The van der Waals surface area contributed by atoms with E-state index in [1.165, 1.54) is 16.4 Å². The molecule has 0 spiro atoms. The minimum absolute atomic E-state index is 0.0233. The van der Waals surface area contributed by atoms with Gasteiger partial charge in [-0.3, -0.25) is 4.79 Å². The second-order valence-electron chi connectivity index (χ2n) is 7.09. The number of carbonyl (C=O) groups is 1. The number of sulfonamides is 1. The van der Waals surface area contributed by atoms with Crippen molar-refractivity contribution in [3.63, 3.8) is 0 Å². The molecule has 0 saturated carbocycles. The summed E-state index contributed by atoms with van der Waals surface area (Å²) < 4.78 is 27.3. The van der Waals surface area contributed by atoms with Gasteiger partial charge in [0.1, 0.15) is 0 Å². The minimum atomic E-state index is -3.56. The van der Waals surface area contributed by atoms with Crippen molar-refractivity contribution in [1.29, 1.82) is 0 Å². The lowest BCUT2D eigenvalue weighted by molar-refractivity contribution is -0.925. The maximum Gasteiger partial charge on any atom is 0.285 e. The Morgan fingerprint density at radius 1 is 1.04 bits per heavy atom. The van der Waals surface area contributed by atoms with Gasteiger partial charge in [0.15, 0.2) is 6.04 Å². The predicted molar refractivity (Wildman–Crippen MR) is 109 cm³/mol. The molecule has 1 heterocycles. The van der Waals surface area contributed by atoms with Crippen molar-refractivity contribution in [2.45, 2.75) is 10.9 Å². The van der Waals surface area contributed by atoms with Crippen LogP contribution in [-0.4, -0.2) is 63.8 Å². The molecular formula is C20H25ClN3O3S+. The number of quaternary nitrogens is 1. The fourth-order valence-corrected chi connectivity index (χ4v) is 5.08. The van der Waals surface area contributed by atoms with E-state index in [0.29, 0.717) is 31.2 Å². The summed E-state index contributed by atoms with van der Waals surface area (Å²) in [6, 6.07) is 15.6. The van der Waals surface area contributed by atoms with Crippen molar-refractivity contribution in [1.82, 2.24) is 9.21 Å². The number of carbonyl (C=O) groups excluding carboxylic acids is 1. The van der Waals surface area contributed by atoms with Gasteiger partial charge in [0.2, 0.25) is 10.0 Å². The van der Waals surface area contributed by atoms with Crippen molar-refractivity contribution in [3.8, 4) is 0 Å². The van der Waals surface area contributed by atoms with Crippen molar-refractivity contribution in [2.24, 2.45) is 0 Å². The maximum atomic E-state index is 12.9. The molecule has 1 atom stereocenters. The summed E-state index contributed by atoms with van der Waals surface area (Å²) in [5.41, 5.74) is 0.949. The maximum absolute atomic E-state index is 12.9. The van der Waals surface area contributed by atoms with Gasteiger partial charge in [-0.15, -0.1) is 0 Å². The number of amides is 1. The Hall–Kier alpha value is -1.93. The van der Waals surface area contributed by atoms with Gasteiger partial charge >= 0.3 is 0 Å². The highest BCUT2D eigenvalue weighted by Gasteiger charge is 2.38. The topological polar surface area (TPSA) is 62.1 Å². The molecule has 3 rings (SSSR count). The second kappa shape index (κ2) is 8.61. The van der Waals surface area contributed by atoms with Gasteiger partial charge in [0.05, 0.1) is 31.1 Å². The fraction of sp³-hybridized carbons (Fsp3) is 0.350. The first-order chi connectivity index (χ1) is 13.3. The molecular weight excluding hydrogens is 398 g/mol. The molecule has 6 nitrogen and oxygen atoms in total. The molecule has 150 valence electrons. The van der Waals surface area contributed by atoms with Crippen molar-refractivity contribution < 1.29 is 18.1 Å². The summed E-state index contributed by atoms with van der Waals surface area (Å²) >= 11 is 5.87. The molecule has 28 heavy (non-hydrogen) atoms. The first kappa shape index (κ1) is 20.8. The third-order valence-corrected chi connectivity index (χ3v) is 7.21. The van der Waals surface area contributed by atoms with Crippen LogP contribution in [0.5, 0.6) is 0 Å². The van der Waals surface area contributed by atoms with E-state index in [1.807, 2.05) is 30.3 Å². The number of hydrogen-bond donors (Lipinski definition) is 1. The van der Waals surface area contributed by atoms with Crippen LogP contribution in [0.4, 0.5) is 0 Å². The third-order valence-electron chi connectivity index (χ3n) is 5.04. The number of halogens is 1. The van der Waals surface area contributed by atoms with E-state index in [1.54, 1.807) is 31.1 Å². The molecule has 0 aliphatic carbocycles. The largest absolute Gasteiger partial charge is 0.343 e. The summed E-state index contributed by atoms with van der Waals surface area (Å²) in [5, 5.41) is 0.501. The lowest BCUT2D eigenvalue weighted by Crippen LogP contribution is -3.16. The first-order valence-electron chi connectivity index (χ1n) is 9.17. The molecule has 0 radical (unpaired) electrons. The summed E-state index contributed by atoms with van der Waals surface area (Å²) in [6.07, 6.45) is 0. The molecule has 0 bridgehead atoms. The Labute approximate surface area is 171 Å². The van der Waals surface area contributed by atoms with E-state index in [0.717, 1.165) is 10.5 Å². The zero-order chi connectivity index (χ0) is 20.3. The van der Waals surface area contributed by atoms with Gasteiger partial charge in [-0.25, -0.2) is 8.42 Å². The number of likely N-dealkylation sites (N-methyl/N-ethyl adjacent to an activating group) is 1. The standard InChI is InChI=1S/C20H24ClN3O3S/c1-22(2)20(25)19(16-6-4-3-5-7-16)23-12-14-24(15-13-23)28(26,27)18-10-8-17(21)9-11-18/h3-11,19H,12-15H2,1-2H3/p+1/t19-/m1/s1. The first-order valence-corrected chi connectivity index (χ1v) is 11.0. The van der Waals surface area contributed by atoms with Gasteiger partial charge in [-0.05, 0) is 24.3 Å². The number of hydrogen-bond acceptors (Lipinski definition) is 3. The molecule has 1 amide bonds. The molecule has 1 N–H and O–H groups in total. The Kier molecular flexibility index (Phi) is 6.40. The number of benzene rings is 2. The zero-order valence-electron chi connectivity index (χ0n) is 16.0. The average Bonchev–Trinajstić information content (AvgIpc) is 2.69. The van der Waals surface area contributed by atoms with Gasteiger partial charge < -0.3 is 9.80 Å². The van der Waals surface area contributed by atoms with Crippen molar-refractivity contribution >= 4 is 27.5 Å². The van der Waals surface area contributed by atoms with E-state index in [4.69, 9.17) is 11.6 Å². The highest BCUT2D eigenvalue weighted by atomic mass is 35.5. The van der Waals surface area contributed by atoms with Crippen LogP contribution in [0.2, 0.25) is 5.02 Å². The van der Waals surface area contributed by atoms with Crippen LogP contribution in [0.25, 0.3) is 0 Å². The smallest absolute Gasteiger partial charge is 0.285 e. The second-order valence-corrected chi connectivity index (χ2v) is 9.47. The summed E-state index contributed by atoms with van der Waals surface area (Å²) in [7, 11) is -0.0652. The SMILES string of the molecule is CN(C)C(=O)[C@@H](c1ccccc1)[NH+]1CCN(S(=O)(=O)c2ccc(Cl)cc2)CC1. The van der Waals surface area contributed by atoms with E-state index in [9.17, 15) is 13.2 Å². The summed E-state index contributed by atoms with van der Waals surface area (Å²) in [5.74, 6) is 0.0233. The van der Waals surface area contributed by atoms with Crippen LogP contribution in [0, 0.1) is 0 Å². The van der Waals surface area contributed by atoms with Gasteiger partial charge in [0.25, 0.3) is 5.91 Å². The number of piperazine rings is 1. The number of nitrogens with one attached hydrogen (secondary N) is 1. The predicted octanol–water partition coefficient (Wildman–Crippen LogP) is 1.06. The highest BCUT2D eigenvalue weighted by molar-refractivity contribution is 7.89. The Balaban J connectivity index is 1.77. The number of rotatable bonds is 5. The third kappa shape index (κ3) is 4.38. The Morgan fingerprint density at radius 3 is 2.14 bits per heavy atom. The normalized spacial score (nSPS) is 17.2. The summed E-state index contributed by atoms with van der Waals surface area (Å²) in [4.78, 5) is 15.8. The molecule has 1 fully saturated rings. The average molecular weight is 423 g/mol. The van der Waals surface area contributed by atoms with Crippen molar-refractivity contribution in [2.75, 3.05) is 40.3 Å². The lowest BCUT2D eigenvalue weighted by Gasteiger charge is -2.36. The van der Waals surface area contributed by atoms with E-state index in [2.05, 4.69) is 0 Å². The lowest BCUT2D eigenvalue weighted by atomic mass is 10.0. The van der Waals surface area contributed by atoms with Crippen LogP contribution in [0.3, 0.4) is 0 Å². The highest BCUT2D eigenvalue weighted by Crippen LogP contribution is 2.19. The molecule has 0 aromatic heterocycles. The number of nitrogens with zero attached hydrogens (tertiary/aromatic N) is 2. The van der Waals surface area contributed by atoms with Gasteiger partial charge in [-0.1, -0.05) is 41.9 Å². The fourth-order valence-electron chi connectivity index (χ4n) is 3.51. The van der Waals surface area contributed by atoms with E-state index >= 15 is 0 Å². The molecule has 1 aliphatic rings. The molecule has 0 unspecified atom stereocenters. The molecule has 8 heteroatoms. The van der Waals surface area contributed by atoms with Crippen LogP contribution in [0.15, 0.2) is 59.5 Å². The Morgan fingerprint density at radius 2 is 1.61 bits per heavy atom. The van der Waals surface area contributed by atoms with E-state index < -0.39 is 10.0 Å². The van der Waals surface area contributed by atoms with Gasteiger partial charge in [0, 0.05) is 24.7 Å². The molecule has 2 aromatic rings. The van der Waals surface area contributed by atoms with Crippen LogP contribution in [-0.2, 0) is 14.8 Å².